The lowest BCUT2D eigenvalue weighted by atomic mass is 10.0. The van der Waals surface area contributed by atoms with Crippen LogP contribution in [0.2, 0.25) is 0 Å². The second-order valence-corrected chi connectivity index (χ2v) is 10.8. The van der Waals surface area contributed by atoms with Gasteiger partial charge in [0.25, 0.3) is 0 Å². The van der Waals surface area contributed by atoms with Crippen molar-refractivity contribution in [1.82, 2.24) is 10.6 Å². The fourth-order valence-corrected chi connectivity index (χ4v) is 3.93. The Morgan fingerprint density at radius 3 is 2.29 bits per heavy atom. The predicted molar refractivity (Wildman–Crippen MR) is 150 cm³/mol. The molecular weight excluding hydrogens is 552 g/mol. The van der Waals surface area contributed by atoms with Crippen molar-refractivity contribution in [2.45, 2.75) is 84.5 Å². The molecule has 2 amide bonds. The van der Waals surface area contributed by atoms with Crippen LogP contribution in [-0.4, -0.2) is 36.3 Å². The van der Waals surface area contributed by atoms with E-state index < -0.39 is 23.9 Å². The van der Waals surface area contributed by atoms with Gasteiger partial charge in [-0.3, -0.25) is 4.79 Å². The molecule has 0 aliphatic heterocycles. The number of amides is 2. The van der Waals surface area contributed by atoms with Gasteiger partial charge in [-0.15, -0.1) is 0 Å². The molecule has 0 heterocycles. The highest BCUT2D eigenvalue weighted by atomic mass is 79.9. The molecule has 0 aliphatic carbocycles. The van der Waals surface area contributed by atoms with Crippen molar-refractivity contribution in [3.63, 3.8) is 0 Å². The lowest BCUT2D eigenvalue weighted by Gasteiger charge is -2.23. The molecule has 0 bridgehead atoms. The van der Waals surface area contributed by atoms with Crippen LogP contribution >= 0.6 is 15.9 Å². The van der Waals surface area contributed by atoms with Crippen molar-refractivity contribution in [3.05, 3.63) is 64.1 Å². The fraction of sp³-hybridized carbons (Fsp3) is 0.483. The summed E-state index contributed by atoms with van der Waals surface area (Å²) in [6, 6.07) is 13.3. The molecular formula is C29H39BrN2O6. The average molecular weight is 592 g/mol. The monoisotopic (exact) mass is 590 g/mol. The molecule has 0 saturated heterocycles. The summed E-state index contributed by atoms with van der Waals surface area (Å²) in [6.07, 6.45) is 4.17. The molecule has 38 heavy (non-hydrogen) atoms. The smallest absolute Gasteiger partial charge is 0.444 e. The summed E-state index contributed by atoms with van der Waals surface area (Å²) in [5.41, 5.74) is 0.912. The molecule has 208 valence electrons. The minimum Gasteiger partial charge on any atom is -0.444 e. The summed E-state index contributed by atoms with van der Waals surface area (Å²) in [4.78, 5) is 37.4. The Labute approximate surface area is 233 Å². The number of hydrogen-bond donors (Lipinski definition) is 2. The molecule has 0 radical (unpaired) electrons. The van der Waals surface area contributed by atoms with Gasteiger partial charge < -0.3 is 24.8 Å². The summed E-state index contributed by atoms with van der Waals surface area (Å²) in [5, 5.41) is 5.60. The van der Waals surface area contributed by atoms with E-state index in [1.54, 1.807) is 45.0 Å². The van der Waals surface area contributed by atoms with Gasteiger partial charge in [0, 0.05) is 23.0 Å². The van der Waals surface area contributed by atoms with Crippen LogP contribution in [0, 0.1) is 0 Å². The van der Waals surface area contributed by atoms with E-state index in [9.17, 15) is 14.4 Å². The first-order chi connectivity index (χ1) is 18.1. The van der Waals surface area contributed by atoms with Gasteiger partial charge in [0.2, 0.25) is 5.91 Å². The van der Waals surface area contributed by atoms with Crippen molar-refractivity contribution < 1.29 is 28.6 Å². The largest absolute Gasteiger partial charge is 0.514 e. The first-order valence-electron chi connectivity index (χ1n) is 13.0. The Bertz CT molecular complexity index is 1040. The third kappa shape index (κ3) is 12.4. The van der Waals surface area contributed by atoms with E-state index >= 15 is 0 Å². The lowest BCUT2D eigenvalue weighted by Crippen LogP contribution is -2.49. The van der Waals surface area contributed by atoms with Crippen molar-refractivity contribution >= 4 is 34.1 Å². The van der Waals surface area contributed by atoms with Gasteiger partial charge in [-0.05, 0) is 51.0 Å². The number of benzene rings is 2. The van der Waals surface area contributed by atoms with E-state index in [2.05, 4.69) is 33.5 Å². The molecule has 2 aromatic carbocycles. The third-order valence-corrected chi connectivity index (χ3v) is 6.23. The van der Waals surface area contributed by atoms with Gasteiger partial charge in [-0.25, -0.2) is 9.59 Å². The molecule has 2 N–H and O–H groups in total. The Balaban J connectivity index is 1.94. The number of nitrogens with one attached hydrogen (secondary N) is 2. The predicted octanol–water partition coefficient (Wildman–Crippen LogP) is 6.69. The quantitative estimate of drug-likeness (QED) is 0.153. The molecule has 0 spiro atoms. The Hall–Kier alpha value is -3.07. The Morgan fingerprint density at radius 2 is 1.63 bits per heavy atom. The van der Waals surface area contributed by atoms with Crippen LogP contribution in [0.25, 0.3) is 0 Å². The molecule has 0 aliphatic rings. The number of carbonyl (C=O) groups excluding carboxylic acids is 3. The van der Waals surface area contributed by atoms with E-state index in [-0.39, 0.29) is 18.9 Å². The second kappa shape index (κ2) is 16.0. The maximum Gasteiger partial charge on any atom is 0.514 e. The number of rotatable bonds is 13. The summed E-state index contributed by atoms with van der Waals surface area (Å²) in [6.45, 7) is 8.07. The summed E-state index contributed by atoms with van der Waals surface area (Å²) >= 11 is 3.41. The first kappa shape index (κ1) is 31.1. The normalized spacial score (nSPS) is 11.8. The van der Waals surface area contributed by atoms with Crippen LogP contribution in [0.15, 0.2) is 53.0 Å². The van der Waals surface area contributed by atoms with Crippen LogP contribution in [-0.2, 0) is 27.3 Å². The van der Waals surface area contributed by atoms with E-state index in [1.807, 2.05) is 24.3 Å². The highest BCUT2D eigenvalue weighted by Crippen LogP contribution is 2.18. The zero-order valence-corrected chi connectivity index (χ0v) is 24.3. The van der Waals surface area contributed by atoms with Gasteiger partial charge in [-0.2, -0.15) is 0 Å². The molecule has 9 heteroatoms. The topological polar surface area (TPSA) is 103 Å². The standard InChI is InChI=1S/C29H39BrN2O6/c1-5-6-7-8-11-18-31-26(33)25(32-27(34)38-29(2,3)4)19-21-14-16-23(17-15-21)37-28(35)36-20-22-12-9-10-13-24(22)30/h9-10,12-17,25H,5-8,11,18-20H2,1-4H3,(H,31,33)(H,32,34)/t25-/m0/s1. The Morgan fingerprint density at radius 1 is 0.947 bits per heavy atom. The van der Waals surface area contributed by atoms with E-state index in [4.69, 9.17) is 14.2 Å². The summed E-state index contributed by atoms with van der Waals surface area (Å²) < 4.78 is 16.6. The van der Waals surface area contributed by atoms with Gasteiger partial charge >= 0.3 is 12.2 Å². The maximum absolute atomic E-state index is 12.9. The van der Waals surface area contributed by atoms with Crippen molar-refractivity contribution in [2.75, 3.05) is 6.54 Å². The maximum atomic E-state index is 12.9. The van der Waals surface area contributed by atoms with E-state index in [1.165, 1.54) is 6.42 Å². The Kier molecular flexibility index (Phi) is 13.1. The van der Waals surface area contributed by atoms with Crippen molar-refractivity contribution in [3.8, 4) is 5.75 Å². The lowest BCUT2D eigenvalue weighted by molar-refractivity contribution is -0.123. The SMILES string of the molecule is CCCCCCCNC(=O)[C@H](Cc1ccc(OC(=O)OCc2ccccc2Br)cc1)NC(=O)OC(C)(C)C. The summed E-state index contributed by atoms with van der Waals surface area (Å²) in [7, 11) is 0. The number of unbranched alkanes of at least 4 members (excludes halogenated alkanes) is 4. The minimum absolute atomic E-state index is 0.0735. The van der Waals surface area contributed by atoms with Crippen LogP contribution in [0.4, 0.5) is 9.59 Å². The van der Waals surface area contributed by atoms with Crippen LogP contribution in [0.5, 0.6) is 5.75 Å². The highest BCUT2D eigenvalue weighted by Gasteiger charge is 2.24. The molecule has 8 nitrogen and oxygen atoms in total. The molecule has 1 atom stereocenters. The van der Waals surface area contributed by atoms with E-state index in [0.29, 0.717) is 12.3 Å². The van der Waals surface area contributed by atoms with Crippen LogP contribution < -0.4 is 15.4 Å². The number of alkyl carbamates (subject to hydrolysis) is 1. The van der Waals surface area contributed by atoms with Crippen LogP contribution in [0.1, 0.15) is 70.9 Å². The minimum atomic E-state index is -0.823. The molecule has 2 rings (SSSR count). The number of halogens is 1. The second-order valence-electron chi connectivity index (χ2n) is 9.98. The zero-order valence-electron chi connectivity index (χ0n) is 22.7. The first-order valence-corrected chi connectivity index (χ1v) is 13.8. The number of hydrogen-bond acceptors (Lipinski definition) is 6. The zero-order chi connectivity index (χ0) is 28.0. The van der Waals surface area contributed by atoms with E-state index in [0.717, 1.165) is 41.3 Å². The van der Waals surface area contributed by atoms with Gasteiger partial charge in [0.05, 0.1) is 0 Å². The van der Waals surface area contributed by atoms with Gasteiger partial charge in [0.15, 0.2) is 0 Å². The summed E-state index contributed by atoms with van der Waals surface area (Å²) in [5.74, 6) is 0.0291. The average Bonchev–Trinajstić information content (AvgIpc) is 2.85. The highest BCUT2D eigenvalue weighted by molar-refractivity contribution is 9.10. The fourth-order valence-electron chi connectivity index (χ4n) is 3.53. The number of carbonyl (C=O) groups is 3. The number of ether oxygens (including phenoxy) is 3. The molecule has 2 aromatic rings. The molecule has 0 unspecified atom stereocenters. The molecule has 0 saturated carbocycles. The van der Waals surface area contributed by atoms with Gasteiger partial charge in [0.1, 0.15) is 24.0 Å². The van der Waals surface area contributed by atoms with Crippen molar-refractivity contribution in [1.29, 1.82) is 0 Å². The van der Waals surface area contributed by atoms with Gasteiger partial charge in [-0.1, -0.05) is 78.9 Å². The van der Waals surface area contributed by atoms with Crippen molar-refractivity contribution in [2.24, 2.45) is 0 Å². The third-order valence-electron chi connectivity index (χ3n) is 5.45. The molecule has 0 aromatic heterocycles. The molecule has 0 fully saturated rings. The van der Waals surface area contributed by atoms with Crippen LogP contribution in [0.3, 0.4) is 0 Å².